The standard InChI is InChI=1S/C37H42ClN3O5S/c1-26-16-19-31(20-17-26)47(44,45)41(30-18-21-34(46-6)32(38)23-30)25-35(42)40(24-29-15-11-10-12-27(29)2)33(36(43)39-37(3,4)5)22-28-13-8-7-9-14-28/h7-21,23,33H,22,24-25H2,1-6H3,(H,39,43)/t33-/m1/s1. The number of amides is 2. The molecule has 0 spiro atoms. The average molecular weight is 676 g/mol. The lowest BCUT2D eigenvalue weighted by Gasteiger charge is -2.35. The highest BCUT2D eigenvalue weighted by Gasteiger charge is 2.36. The number of hydrogen-bond acceptors (Lipinski definition) is 5. The molecule has 0 aromatic heterocycles. The molecule has 0 aliphatic rings. The Balaban J connectivity index is 1.85. The number of aryl methyl sites for hydroxylation is 2. The fourth-order valence-corrected chi connectivity index (χ4v) is 6.81. The minimum absolute atomic E-state index is 0.0135. The second-order valence-corrected chi connectivity index (χ2v) is 14.8. The van der Waals surface area contributed by atoms with Crippen LogP contribution in [0.15, 0.2) is 102 Å². The van der Waals surface area contributed by atoms with Crippen molar-refractivity contribution in [1.29, 1.82) is 0 Å². The number of halogens is 1. The summed E-state index contributed by atoms with van der Waals surface area (Å²) in [4.78, 5) is 30.2. The summed E-state index contributed by atoms with van der Waals surface area (Å²) < 4.78 is 34.9. The molecule has 0 saturated carbocycles. The number of benzene rings is 4. The van der Waals surface area contributed by atoms with Gasteiger partial charge in [0, 0.05) is 18.5 Å². The average Bonchev–Trinajstić information content (AvgIpc) is 3.02. The smallest absolute Gasteiger partial charge is 0.264 e. The molecule has 10 heteroatoms. The van der Waals surface area contributed by atoms with Crippen LogP contribution in [0.4, 0.5) is 5.69 Å². The van der Waals surface area contributed by atoms with E-state index < -0.39 is 34.1 Å². The Morgan fingerprint density at radius 2 is 1.53 bits per heavy atom. The number of anilines is 1. The summed E-state index contributed by atoms with van der Waals surface area (Å²) in [6.07, 6.45) is 0.222. The number of carbonyl (C=O) groups excluding carboxylic acids is 2. The van der Waals surface area contributed by atoms with Crippen molar-refractivity contribution in [2.75, 3.05) is 18.0 Å². The third-order valence-electron chi connectivity index (χ3n) is 7.68. The Morgan fingerprint density at radius 3 is 2.13 bits per heavy atom. The van der Waals surface area contributed by atoms with E-state index in [1.165, 1.54) is 30.2 Å². The molecule has 2 amide bonds. The van der Waals surface area contributed by atoms with E-state index in [2.05, 4.69) is 5.32 Å². The van der Waals surface area contributed by atoms with Gasteiger partial charge in [0.15, 0.2) is 0 Å². The molecule has 4 rings (SSSR count). The molecule has 0 bridgehead atoms. The summed E-state index contributed by atoms with van der Waals surface area (Å²) in [5, 5.41) is 3.23. The zero-order valence-electron chi connectivity index (χ0n) is 27.7. The van der Waals surface area contributed by atoms with Crippen molar-refractivity contribution in [2.45, 2.75) is 64.1 Å². The first-order valence-corrected chi connectivity index (χ1v) is 17.1. The van der Waals surface area contributed by atoms with Crippen LogP contribution in [0.1, 0.15) is 43.0 Å². The number of nitrogens with one attached hydrogen (secondary N) is 1. The van der Waals surface area contributed by atoms with Gasteiger partial charge >= 0.3 is 0 Å². The van der Waals surface area contributed by atoms with E-state index in [0.29, 0.717) is 5.75 Å². The Morgan fingerprint density at radius 1 is 0.894 bits per heavy atom. The molecule has 47 heavy (non-hydrogen) atoms. The Kier molecular flexibility index (Phi) is 11.4. The number of ether oxygens (including phenoxy) is 1. The van der Waals surface area contributed by atoms with E-state index in [9.17, 15) is 18.0 Å². The fourth-order valence-electron chi connectivity index (χ4n) is 5.15. The van der Waals surface area contributed by atoms with Crippen LogP contribution < -0.4 is 14.4 Å². The molecule has 0 heterocycles. The highest BCUT2D eigenvalue weighted by atomic mass is 35.5. The summed E-state index contributed by atoms with van der Waals surface area (Å²) in [7, 11) is -2.80. The zero-order chi connectivity index (χ0) is 34.4. The quantitative estimate of drug-likeness (QED) is 0.180. The van der Waals surface area contributed by atoms with Gasteiger partial charge in [-0.25, -0.2) is 8.42 Å². The number of rotatable bonds is 12. The van der Waals surface area contributed by atoms with Crippen LogP contribution in [0.5, 0.6) is 5.75 Å². The van der Waals surface area contributed by atoms with Crippen LogP contribution in [-0.2, 0) is 32.6 Å². The first-order chi connectivity index (χ1) is 22.2. The molecule has 1 N–H and O–H groups in total. The van der Waals surface area contributed by atoms with Gasteiger partial charge < -0.3 is 15.0 Å². The minimum atomic E-state index is -4.26. The van der Waals surface area contributed by atoms with E-state index >= 15 is 0 Å². The van der Waals surface area contributed by atoms with Crippen molar-refractivity contribution in [3.63, 3.8) is 0 Å². The normalized spacial score (nSPS) is 12.2. The molecule has 4 aromatic carbocycles. The second kappa shape index (κ2) is 15.0. The maximum Gasteiger partial charge on any atom is 0.264 e. The summed E-state index contributed by atoms with van der Waals surface area (Å²) >= 11 is 6.46. The molecule has 8 nitrogen and oxygen atoms in total. The first kappa shape index (κ1) is 35.5. The number of carbonyl (C=O) groups is 2. The monoisotopic (exact) mass is 675 g/mol. The van der Waals surface area contributed by atoms with Gasteiger partial charge in [-0.3, -0.25) is 13.9 Å². The van der Waals surface area contributed by atoms with Crippen molar-refractivity contribution in [3.8, 4) is 5.75 Å². The van der Waals surface area contributed by atoms with Crippen LogP contribution in [-0.4, -0.2) is 50.4 Å². The second-order valence-electron chi connectivity index (χ2n) is 12.5. The lowest BCUT2D eigenvalue weighted by molar-refractivity contribution is -0.140. The third kappa shape index (κ3) is 9.14. The molecule has 0 aliphatic heterocycles. The van der Waals surface area contributed by atoms with Gasteiger partial charge in [0.05, 0.1) is 22.7 Å². The van der Waals surface area contributed by atoms with Crippen molar-refractivity contribution in [2.24, 2.45) is 0 Å². The van der Waals surface area contributed by atoms with E-state index in [4.69, 9.17) is 16.3 Å². The maximum atomic E-state index is 14.7. The summed E-state index contributed by atoms with van der Waals surface area (Å²) in [5.41, 5.74) is 3.12. The number of nitrogens with zero attached hydrogens (tertiary/aromatic N) is 2. The topological polar surface area (TPSA) is 96.0 Å². The summed E-state index contributed by atoms with van der Waals surface area (Å²) in [5.74, 6) is -0.540. The van der Waals surface area contributed by atoms with E-state index in [0.717, 1.165) is 26.6 Å². The molecule has 0 fully saturated rings. The van der Waals surface area contributed by atoms with Crippen LogP contribution in [0.25, 0.3) is 0 Å². The summed E-state index contributed by atoms with van der Waals surface area (Å²) in [6, 6.07) is 27.1. The van der Waals surface area contributed by atoms with Gasteiger partial charge in [-0.1, -0.05) is 83.9 Å². The van der Waals surface area contributed by atoms with Gasteiger partial charge in [0.1, 0.15) is 18.3 Å². The van der Waals surface area contributed by atoms with E-state index in [1.807, 2.05) is 89.2 Å². The van der Waals surface area contributed by atoms with Gasteiger partial charge in [0.25, 0.3) is 10.0 Å². The number of methoxy groups -OCH3 is 1. The van der Waals surface area contributed by atoms with E-state index in [-0.39, 0.29) is 34.5 Å². The first-order valence-electron chi connectivity index (χ1n) is 15.3. The van der Waals surface area contributed by atoms with Crippen molar-refractivity contribution in [1.82, 2.24) is 10.2 Å². The Hall–Kier alpha value is -4.34. The largest absolute Gasteiger partial charge is 0.495 e. The predicted molar refractivity (Wildman–Crippen MR) is 187 cm³/mol. The predicted octanol–water partition coefficient (Wildman–Crippen LogP) is 6.72. The zero-order valence-corrected chi connectivity index (χ0v) is 29.2. The van der Waals surface area contributed by atoms with Gasteiger partial charge in [-0.15, -0.1) is 0 Å². The molecule has 0 aliphatic carbocycles. The minimum Gasteiger partial charge on any atom is -0.495 e. The molecule has 248 valence electrons. The highest BCUT2D eigenvalue weighted by Crippen LogP contribution is 2.32. The Labute approximate surface area is 283 Å². The van der Waals surface area contributed by atoms with Crippen molar-refractivity contribution in [3.05, 3.63) is 124 Å². The highest BCUT2D eigenvalue weighted by molar-refractivity contribution is 7.92. The van der Waals surface area contributed by atoms with Crippen LogP contribution in [0.3, 0.4) is 0 Å². The molecule has 4 aromatic rings. The molecule has 1 atom stereocenters. The maximum absolute atomic E-state index is 14.7. The summed E-state index contributed by atoms with van der Waals surface area (Å²) in [6.45, 7) is 8.93. The lowest BCUT2D eigenvalue weighted by Crippen LogP contribution is -2.56. The van der Waals surface area contributed by atoms with Crippen LogP contribution in [0.2, 0.25) is 5.02 Å². The van der Waals surface area contributed by atoms with Gasteiger partial charge in [-0.05, 0) is 81.6 Å². The lowest BCUT2D eigenvalue weighted by atomic mass is 10.00. The molecule has 0 unspecified atom stereocenters. The van der Waals surface area contributed by atoms with Crippen molar-refractivity contribution < 1.29 is 22.7 Å². The van der Waals surface area contributed by atoms with Crippen LogP contribution >= 0.6 is 11.6 Å². The molecular weight excluding hydrogens is 634 g/mol. The molecule has 0 radical (unpaired) electrons. The molecular formula is C37H42ClN3O5S. The van der Waals surface area contributed by atoms with E-state index in [1.54, 1.807) is 24.3 Å². The fraction of sp³-hybridized carbons (Fsp3) is 0.297. The molecule has 0 saturated heterocycles. The van der Waals surface area contributed by atoms with Gasteiger partial charge in [0.2, 0.25) is 11.8 Å². The number of hydrogen-bond donors (Lipinski definition) is 1. The Bertz CT molecular complexity index is 1810. The van der Waals surface area contributed by atoms with Crippen LogP contribution in [0, 0.1) is 13.8 Å². The number of sulfonamides is 1. The van der Waals surface area contributed by atoms with Crippen molar-refractivity contribution >= 4 is 39.1 Å². The van der Waals surface area contributed by atoms with Gasteiger partial charge in [-0.2, -0.15) is 0 Å². The third-order valence-corrected chi connectivity index (χ3v) is 9.77. The SMILES string of the molecule is COc1ccc(N(CC(=O)N(Cc2ccccc2C)[C@H](Cc2ccccc2)C(=O)NC(C)(C)C)S(=O)(=O)c2ccc(C)cc2)cc1Cl.